The second-order valence-corrected chi connectivity index (χ2v) is 8.53. The van der Waals surface area contributed by atoms with Crippen molar-refractivity contribution < 1.29 is 9.53 Å². The SMILES string of the molecule is CCCCCc1ccc(C(=O)Nc2ccc3c(c2)nc(N)n3CCc2cccc(OC)c2)cc1.Cl. The molecular weight excluding hydrogens is 460 g/mol. The number of methoxy groups -OCH3 is 1. The molecule has 0 aliphatic rings. The number of amides is 1. The van der Waals surface area contributed by atoms with Crippen LogP contribution in [0.15, 0.2) is 66.7 Å². The van der Waals surface area contributed by atoms with E-state index in [1.54, 1.807) is 7.11 Å². The largest absolute Gasteiger partial charge is 0.497 e. The molecule has 0 radical (unpaired) electrons. The van der Waals surface area contributed by atoms with Gasteiger partial charge in [0.15, 0.2) is 0 Å². The minimum Gasteiger partial charge on any atom is -0.497 e. The lowest BCUT2D eigenvalue weighted by Crippen LogP contribution is -2.11. The summed E-state index contributed by atoms with van der Waals surface area (Å²) < 4.78 is 7.31. The molecule has 3 N–H and O–H groups in total. The lowest BCUT2D eigenvalue weighted by Gasteiger charge is -2.09. The summed E-state index contributed by atoms with van der Waals surface area (Å²) in [5.74, 6) is 1.16. The van der Waals surface area contributed by atoms with Crippen LogP contribution in [-0.4, -0.2) is 22.6 Å². The van der Waals surface area contributed by atoms with Crippen LogP contribution < -0.4 is 15.8 Å². The van der Waals surface area contributed by atoms with Gasteiger partial charge in [-0.25, -0.2) is 4.98 Å². The highest BCUT2D eigenvalue weighted by Crippen LogP contribution is 2.23. The van der Waals surface area contributed by atoms with Crippen LogP contribution in [0.2, 0.25) is 0 Å². The number of nitrogens with one attached hydrogen (secondary N) is 1. The number of nitrogens with two attached hydrogens (primary N) is 1. The number of aryl methyl sites for hydroxylation is 3. The number of nitrogens with zero attached hydrogens (tertiary/aromatic N) is 2. The van der Waals surface area contributed by atoms with E-state index < -0.39 is 0 Å². The summed E-state index contributed by atoms with van der Waals surface area (Å²) in [5, 5.41) is 2.98. The zero-order chi connectivity index (χ0) is 23.9. The van der Waals surface area contributed by atoms with Crippen molar-refractivity contribution in [3.63, 3.8) is 0 Å². The van der Waals surface area contributed by atoms with Crippen molar-refractivity contribution in [1.29, 1.82) is 0 Å². The Morgan fingerprint density at radius 3 is 2.54 bits per heavy atom. The number of carbonyl (C=O) groups excluding carboxylic acids is 1. The monoisotopic (exact) mass is 492 g/mol. The molecule has 6 nitrogen and oxygen atoms in total. The van der Waals surface area contributed by atoms with Crippen molar-refractivity contribution in [2.75, 3.05) is 18.2 Å². The molecule has 35 heavy (non-hydrogen) atoms. The first-order valence-electron chi connectivity index (χ1n) is 11.9. The van der Waals surface area contributed by atoms with E-state index in [0.717, 1.165) is 29.6 Å². The fourth-order valence-corrected chi connectivity index (χ4v) is 4.14. The number of rotatable bonds is 10. The predicted octanol–water partition coefficient (Wildman–Crippen LogP) is 6.28. The van der Waals surface area contributed by atoms with Crippen LogP contribution in [0, 0.1) is 0 Å². The fraction of sp³-hybridized carbons (Fsp3) is 0.286. The Bertz CT molecular complexity index is 1270. The number of anilines is 2. The molecule has 3 aromatic carbocycles. The maximum Gasteiger partial charge on any atom is 0.255 e. The van der Waals surface area contributed by atoms with Crippen molar-refractivity contribution in [3.05, 3.63) is 83.4 Å². The minimum atomic E-state index is -0.134. The van der Waals surface area contributed by atoms with Crippen molar-refractivity contribution >= 4 is 41.0 Å². The van der Waals surface area contributed by atoms with Crippen molar-refractivity contribution in [2.24, 2.45) is 0 Å². The normalized spacial score (nSPS) is 10.7. The molecule has 0 atom stereocenters. The number of benzene rings is 3. The molecule has 0 spiro atoms. The first-order valence-corrected chi connectivity index (χ1v) is 11.9. The molecule has 0 aliphatic carbocycles. The first-order chi connectivity index (χ1) is 16.6. The second kappa shape index (κ2) is 12.3. The van der Waals surface area contributed by atoms with E-state index in [2.05, 4.69) is 23.3 Å². The van der Waals surface area contributed by atoms with E-state index in [-0.39, 0.29) is 18.3 Å². The van der Waals surface area contributed by atoms with Crippen LogP contribution >= 0.6 is 12.4 Å². The third kappa shape index (κ3) is 6.55. The van der Waals surface area contributed by atoms with Crippen LogP contribution in [0.25, 0.3) is 11.0 Å². The number of hydrogen-bond donors (Lipinski definition) is 2. The lowest BCUT2D eigenvalue weighted by molar-refractivity contribution is 0.102. The highest BCUT2D eigenvalue weighted by Gasteiger charge is 2.11. The quantitative estimate of drug-likeness (QED) is 0.255. The Labute approximate surface area is 212 Å². The summed E-state index contributed by atoms with van der Waals surface area (Å²) in [7, 11) is 1.67. The Hall–Kier alpha value is -3.51. The third-order valence-electron chi connectivity index (χ3n) is 6.08. The highest BCUT2D eigenvalue weighted by atomic mass is 35.5. The van der Waals surface area contributed by atoms with Gasteiger partial charge in [0.25, 0.3) is 5.91 Å². The van der Waals surface area contributed by atoms with Crippen LogP contribution in [0.1, 0.15) is 47.7 Å². The Morgan fingerprint density at radius 2 is 1.80 bits per heavy atom. The average molecular weight is 493 g/mol. The summed E-state index contributed by atoms with van der Waals surface area (Å²) in [6.45, 7) is 2.90. The number of carbonyl (C=O) groups is 1. The van der Waals surface area contributed by atoms with Crippen LogP contribution in [0.4, 0.5) is 11.6 Å². The van der Waals surface area contributed by atoms with Crippen molar-refractivity contribution in [1.82, 2.24) is 9.55 Å². The number of nitrogen functional groups attached to an aromatic ring is 1. The van der Waals surface area contributed by atoms with E-state index in [0.29, 0.717) is 23.7 Å². The molecule has 184 valence electrons. The standard InChI is InChI=1S/C28H32N4O2.ClH/c1-3-4-5-7-20-10-12-22(13-11-20)27(33)30-23-14-15-26-25(19-23)31-28(29)32(26)17-16-21-8-6-9-24(18-21)34-2;/h6,8-15,18-19H,3-5,7,16-17H2,1-2H3,(H2,29,31)(H,30,33);1H. The third-order valence-corrected chi connectivity index (χ3v) is 6.08. The lowest BCUT2D eigenvalue weighted by atomic mass is 10.1. The van der Waals surface area contributed by atoms with Gasteiger partial charge in [-0.2, -0.15) is 0 Å². The van der Waals surface area contributed by atoms with Gasteiger partial charge in [-0.15, -0.1) is 12.4 Å². The molecule has 1 amide bonds. The summed E-state index contributed by atoms with van der Waals surface area (Å²) in [4.78, 5) is 17.2. The molecule has 7 heteroatoms. The van der Waals surface area contributed by atoms with Crippen molar-refractivity contribution in [2.45, 2.75) is 45.6 Å². The van der Waals surface area contributed by atoms with E-state index in [9.17, 15) is 4.79 Å². The summed E-state index contributed by atoms with van der Waals surface area (Å²) in [6, 6.07) is 21.6. The van der Waals surface area contributed by atoms with Crippen molar-refractivity contribution in [3.8, 4) is 5.75 Å². The number of aromatic nitrogens is 2. The topological polar surface area (TPSA) is 82.2 Å². The average Bonchev–Trinajstić information content (AvgIpc) is 3.17. The van der Waals surface area contributed by atoms with Gasteiger partial charge in [-0.1, -0.05) is 44.0 Å². The van der Waals surface area contributed by atoms with Gasteiger partial charge < -0.3 is 20.4 Å². The molecule has 4 rings (SSSR count). The number of fused-ring (bicyclic) bond motifs is 1. The van der Waals surface area contributed by atoms with Gasteiger partial charge in [-0.3, -0.25) is 4.79 Å². The van der Waals surface area contributed by atoms with Crippen LogP contribution in [0.5, 0.6) is 5.75 Å². The molecule has 0 unspecified atom stereocenters. The van der Waals surface area contributed by atoms with Crippen LogP contribution in [0.3, 0.4) is 0 Å². The Morgan fingerprint density at radius 1 is 1.00 bits per heavy atom. The molecule has 0 saturated heterocycles. The number of hydrogen-bond acceptors (Lipinski definition) is 4. The highest BCUT2D eigenvalue weighted by molar-refractivity contribution is 6.05. The van der Waals surface area contributed by atoms with Crippen LogP contribution in [-0.2, 0) is 19.4 Å². The minimum absolute atomic E-state index is 0. The summed E-state index contributed by atoms with van der Waals surface area (Å²) in [5.41, 5.74) is 11.7. The number of unbranched alkanes of at least 4 members (excludes halogenated alkanes) is 2. The first kappa shape index (κ1) is 26.1. The molecular formula is C28H33ClN4O2. The van der Waals surface area contributed by atoms with E-state index >= 15 is 0 Å². The second-order valence-electron chi connectivity index (χ2n) is 8.53. The van der Waals surface area contributed by atoms with Gasteiger partial charge in [0.05, 0.1) is 18.1 Å². The predicted molar refractivity (Wildman–Crippen MR) is 146 cm³/mol. The Balaban J connectivity index is 0.00000342. The van der Waals surface area contributed by atoms with Gasteiger partial charge in [-0.05, 0) is 72.9 Å². The molecule has 1 aromatic heterocycles. The number of halogens is 1. The van der Waals surface area contributed by atoms with Gasteiger partial charge in [0, 0.05) is 17.8 Å². The molecule has 0 fully saturated rings. The van der Waals surface area contributed by atoms with E-state index in [4.69, 9.17) is 10.5 Å². The summed E-state index contributed by atoms with van der Waals surface area (Å²) in [6.07, 6.45) is 5.47. The number of ether oxygens (including phenoxy) is 1. The smallest absolute Gasteiger partial charge is 0.255 e. The maximum atomic E-state index is 12.7. The summed E-state index contributed by atoms with van der Waals surface area (Å²) >= 11 is 0. The van der Waals surface area contributed by atoms with Gasteiger partial charge in [0.1, 0.15) is 5.75 Å². The maximum absolute atomic E-state index is 12.7. The molecule has 0 saturated carbocycles. The van der Waals surface area contributed by atoms with E-state index in [1.165, 1.54) is 30.4 Å². The zero-order valence-corrected chi connectivity index (χ0v) is 21.1. The fourth-order valence-electron chi connectivity index (χ4n) is 4.14. The molecule has 0 bridgehead atoms. The van der Waals surface area contributed by atoms with Gasteiger partial charge in [0.2, 0.25) is 5.95 Å². The van der Waals surface area contributed by atoms with Gasteiger partial charge >= 0.3 is 0 Å². The molecule has 0 aliphatic heterocycles. The molecule has 1 heterocycles. The number of imidazole rings is 1. The zero-order valence-electron chi connectivity index (χ0n) is 20.3. The Kier molecular flexibility index (Phi) is 9.15. The molecule has 4 aromatic rings. The van der Waals surface area contributed by atoms with E-state index in [1.807, 2.05) is 65.2 Å².